The first-order valence-corrected chi connectivity index (χ1v) is 7.66. The van der Waals surface area contributed by atoms with Crippen LogP contribution in [0.4, 0.5) is 0 Å². The number of aromatic nitrogens is 3. The van der Waals surface area contributed by atoms with Crippen LogP contribution in [0.3, 0.4) is 0 Å². The van der Waals surface area contributed by atoms with E-state index in [1.165, 1.54) is 0 Å². The van der Waals surface area contributed by atoms with Gasteiger partial charge in [0.15, 0.2) is 0 Å². The van der Waals surface area contributed by atoms with Crippen LogP contribution in [0.5, 0.6) is 0 Å². The van der Waals surface area contributed by atoms with Gasteiger partial charge in [-0.2, -0.15) is 0 Å². The molecule has 1 aliphatic heterocycles. The molecule has 1 N–H and O–H groups in total. The maximum atomic E-state index is 5.94. The van der Waals surface area contributed by atoms with Gasteiger partial charge in [-0.15, -0.1) is 0 Å². The Morgan fingerprint density at radius 2 is 2.14 bits per heavy atom. The van der Waals surface area contributed by atoms with E-state index in [9.17, 15) is 0 Å². The first kappa shape index (κ1) is 14.2. The lowest BCUT2D eigenvalue weighted by atomic mass is 10.1. The van der Waals surface area contributed by atoms with Gasteiger partial charge in [0.1, 0.15) is 0 Å². The van der Waals surface area contributed by atoms with Gasteiger partial charge in [-0.05, 0) is 44.5 Å². The topological polar surface area (TPSA) is 52.0 Å². The minimum absolute atomic E-state index is 0.437. The lowest BCUT2D eigenvalue weighted by molar-refractivity contribution is 0.0302. The SMILES string of the molecule is c1cncc(-c2cncn2CCCOC2CCNCC2)c1. The largest absolute Gasteiger partial charge is 0.378 e. The maximum absolute atomic E-state index is 5.94. The van der Waals surface area contributed by atoms with Gasteiger partial charge in [0.25, 0.3) is 0 Å². The van der Waals surface area contributed by atoms with Crippen molar-refractivity contribution in [2.75, 3.05) is 19.7 Å². The zero-order valence-corrected chi connectivity index (χ0v) is 12.2. The van der Waals surface area contributed by atoms with Crippen LogP contribution in [0.2, 0.25) is 0 Å². The molecule has 0 amide bonds. The predicted octanol–water partition coefficient (Wildman–Crippen LogP) is 2.10. The molecule has 2 aromatic heterocycles. The van der Waals surface area contributed by atoms with E-state index in [1.807, 2.05) is 24.8 Å². The van der Waals surface area contributed by atoms with Crippen LogP contribution >= 0.6 is 0 Å². The van der Waals surface area contributed by atoms with Crippen molar-refractivity contribution < 1.29 is 4.74 Å². The van der Waals surface area contributed by atoms with Gasteiger partial charge in [0, 0.05) is 31.1 Å². The number of pyridine rings is 1. The number of piperidine rings is 1. The summed E-state index contributed by atoms with van der Waals surface area (Å²) in [6.07, 6.45) is 11.1. The number of aryl methyl sites for hydroxylation is 1. The summed E-state index contributed by atoms with van der Waals surface area (Å²) in [5.74, 6) is 0. The van der Waals surface area contributed by atoms with Crippen LogP contribution < -0.4 is 5.32 Å². The van der Waals surface area contributed by atoms with E-state index >= 15 is 0 Å². The van der Waals surface area contributed by atoms with Gasteiger partial charge < -0.3 is 14.6 Å². The first-order valence-electron chi connectivity index (χ1n) is 7.66. The molecule has 0 atom stereocenters. The van der Waals surface area contributed by atoms with Crippen LogP contribution in [-0.4, -0.2) is 40.3 Å². The van der Waals surface area contributed by atoms with Crippen molar-refractivity contribution in [2.45, 2.75) is 31.9 Å². The third-order valence-corrected chi connectivity index (χ3v) is 3.85. The second kappa shape index (κ2) is 7.33. The van der Waals surface area contributed by atoms with Crippen LogP contribution in [0.25, 0.3) is 11.3 Å². The van der Waals surface area contributed by atoms with Crippen molar-refractivity contribution in [2.24, 2.45) is 0 Å². The van der Waals surface area contributed by atoms with Crippen molar-refractivity contribution >= 4 is 0 Å². The lowest BCUT2D eigenvalue weighted by Crippen LogP contribution is -2.32. The number of ether oxygens (including phenoxy) is 1. The summed E-state index contributed by atoms with van der Waals surface area (Å²) in [5.41, 5.74) is 2.22. The molecule has 2 aromatic rings. The zero-order valence-electron chi connectivity index (χ0n) is 12.2. The molecule has 0 aliphatic carbocycles. The number of imidazole rings is 1. The first-order chi connectivity index (χ1) is 10.4. The Bertz CT molecular complexity index is 534. The quantitative estimate of drug-likeness (QED) is 0.826. The maximum Gasteiger partial charge on any atom is 0.0950 e. The Morgan fingerprint density at radius 3 is 2.95 bits per heavy atom. The minimum atomic E-state index is 0.437. The van der Waals surface area contributed by atoms with Gasteiger partial charge in [-0.3, -0.25) is 4.98 Å². The smallest absolute Gasteiger partial charge is 0.0950 e. The van der Waals surface area contributed by atoms with Gasteiger partial charge in [0.05, 0.1) is 24.3 Å². The normalized spacial score (nSPS) is 16.2. The highest BCUT2D eigenvalue weighted by Gasteiger charge is 2.12. The highest BCUT2D eigenvalue weighted by Crippen LogP contribution is 2.17. The Morgan fingerprint density at radius 1 is 1.24 bits per heavy atom. The van der Waals surface area contributed by atoms with Crippen LogP contribution in [0, 0.1) is 0 Å². The predicted molar refractivity (Wildman–Crippen MR) is 81.9 cm³/mol. The molecule has 5 nitrogen and oxygen atoms in total. The molecule has 0 bridgehead atoms. The molecule has 0 saturated carbocycles. The molecule has 21 heavy (non-hydrogen) atoms. The Labute approximate surface area is 125 Å². The third kappa shape index (κ3) is 3.89. The fourth-order valence-corrected chi connectivity index (χ4v) is 2.70. The molecule has 3 rings (SSSR count). The van der Waals surface area contributed by atoms with Crippen LogP contribution in [0.15, 0.2) is 37.1 Å². The van der Waals surface area contributed by atoms with Gasteiger partial charge in [0.2, 0.25) is 0 Å². The summed E-state index contributed by atoms with van der Waals surface area (Å²) in [5, 5.41) is 3.35. The average Bonchev–Trinajstić information content (AvgIpc) is 3.02. The summed E-state index contributed by atoms with van der Waals surface area (Å²) in [7, 11) is 0. The van der Waals surface area contributed by atoms with Crippen molar-refractivity contribution in [1.29, 1.82) is 0 Å². The molecule has 0 unspecified atom stereocenters. The van der Waals surface area contributed by atoms with E-state index in [4.69, 9.17) is 4.74 Å². The van der Waals surface area contributed by atoms with Gasteiger partial charge in [-0.25, -0.2) is 4.98 Å². The Kier molecular flexibility index (Phi) is 4.97. The molecule has 0 spiro atoms. The van der Waals surface area contributed by atoms with Crippen molar-refractivity contribution in [3.05, 3.63) is 37.1 Å². The summed E-state index contributed by atoms with van der Waals surface area (Å²) < 4.78 is 8.11. The number of hydrogen-bond acceptors (Lipinski definition) is 4. The average molecular weight is 286 g/mol. The number of nitrogens with zero attached hydrogens (tertiary/aromatic N) is 3. The molecule has 3 heterocycles. The molecule has 1 aliphatic rings. The second-order valence-electron chi connectivity index (χ2n) is 5.39. The van der Waals surface area contributed by atoms with E-state index in [1.54, 1.807) is 6.20 Å². The van der Waals surface area contributed by atoms with Crippen molar-refractivity contribution in [3.8, 4) is 11.3 Å². The molecule has 112 valence electrons. The molecule has 1 fully saturated rings. The lowest BCUT2D eigenvalue weighted by Gasteiger charge is -2.23. The van der Waals surface area contributed by atoms with Crippen LogP contribution in [-0.2, 0) is 11.3 Å². The van der Waals surface area contributed by atoms with Crippen molar-refractivity contribution in [1.82, 2.24) is 19.9 Å². The third-order valence-electron chi connectivity index (χ3n) is 3.85. The Balaban J connectivity index is 1.49. The van der Waals surface area contributed by atoms with E-state index in [0.717, 1.165) is 56.8 Å². The molecular weight excluding hydrogens is 264 g/mol. The molecular formula is C16H22N4O. The molecule has 1 saturated heterocycles. The van der Waals surface area contributed by atoms with E-state index in [-0.39, 0.29) is 0 Å². The fourth-order valence-electron chi connectivity index (χ4n) is 2.70. The van der Waals surface area contributed by atoms with E-state index in [2.05, 4.69) is 25.9 Å². The van der Waals surface area contributed by atoms with Crippen LogP contribution in [0.1, 0.15) is 19.3 Å². The zero-order chi connectivity index (χ0) is 14.3. The van der Waals surface area contributed by atoms with E-state index in [0.29, 0.717) is 6.10 Å². The summed E-state index contributed by atoms with van der Waals surface area (Å²) in [6.45, 7) is 3.90. The number of hydrogen-bond donors (Lipinski definition) is 1. The van der Waals surface area contributed by atoms with E-state index < -0.39 is 0 Å². The minimum Gasteiger partial charge on any atom is -0.378 e. The number of rotatable bonds is 6. The summed E-state index contributed by atoms with van der Waals surface area (Å²) in [4.78, 5) is 8.42. The Hall–Kier alpha value is -1.72. The van der Waals surface area contributed by atoms with Gasteiger partial charge >= 0.3 is 0 Å². The highest BCUT2D eigenvalue weighted by atomic mass is 16.5. The number of nitrogens with one attached hydrogen (secondary N) is 1. The monoisotopic (exact) mass is 286 g/mol. The standard InChI is InChI=1S/C16H22N4O/c1-3-14(11-18-6-1)16-12-19-13-20(16)9-2-10-21-15-4-7-17-8-5-15/h1,3,6,11-13,15,17H,2,4-5,7-10H2. The molecule has 0 aromatic carbocycles. The van der Waals surface area contributed by atoms with Crippen molar-refractivity contribution in [3.63, 3.8) is 0 Å². The highest BCUT2D eigenvalue weighted by molar-refractivity contribution is 5.57. The van der Waals surface area contributed by atoms with Gasteiger partial charge in [-0.1, -0.05) is 0 Å². The molecule has 5 heteroatoms. The summed E-state index contributed by atoms with van der Waals surface area (Å²) >= 11 is 0. The summed E-state index contributed by atoms with van der Waals surface area (Å²) in [6, 6.07) is 4.01. The second-order valence-corrected chi connectivity index (χ2v) is 5.39. The fraction of sp³-hybridized carbons (Fsp3) is 0.500. The molecule has 0 radical (unpaired) electrons.